The Morgan fingerprint density at radius 3 is 2.31 bits per heavy atom. The molecule has 1 rings (SSSR count). The van der Waals surface area contributed by atoms with Gasteiger partial charge in [-0.2, -0.15) is 0 Å². The van der Waals surface area contributed by atoms with E-state index < -0.39 is 0 Å². The van der Waals surface area contributed by atoms with Gasteiger partial charge in [0.25, 0.3) is 0 Å². The molecule has 1 heterocycles. The number of carbonyl (C=O) groups is 2. The second-order valence-electron chi connectivity index (χ2n) is 5.26. The predicted octanol–water partition coefficient (Wildman–Crippen LogP) is 1.29. The van der Waals surface area contributed by atoms with Gasteiger partial charge in [0.2, 0.25) is 11.8 Å². The Bertz CT molecular complexity index is 258. The Hall–Kier alpha value is -0.900. The van der Waals surface area contributed by atoms with Crippen molar-refractivity contribution in [2.24, 2.45) is 11.1 Å². The summed E-state index contributed by atoms with van der Waals surface area (Å²) in [5, 5.41) is 0. The third-order valence-corrected chi connectivity index (χ3v) is 3.17. The minimum absolute atomic E-state index is 0.0122. The van der Waals surface area contributed by atoms with Gasteiger partial charge < -0.3 is 5.73 Å². The van der Waals surface area contributed by atoms with Gasteiger partial charge in [-0.3, -0.25) is 14.5 Å². The number of hydrogen-bond donors (Lipinski definition) is 1. The Kier molecular flexibility index (Phi) is 4.47. The second-order valence-corrected chi connectivity index (χ2v) is 5.26. The molecule has 92 valence electrons. The van der Waals surface area contributed by atoms with Crippen LogP contribution in [0.4, 0.5) is 0 Å². The van der Waals surface area contributed by atoms with Crippen LogP contribution < -0.4 is 5.73 Å². The van der Waals surface area contributed by atoms with Crippen LogP contribution in [0, 0.1) is 5.41 Å². The van der Waals surface area contributed by atoms with Gasteiger partial charge in [0.1, 0.15) is 0 Å². The van der Waals surface area contributed by atoms with Crippen molar-refractivity contribution < 1.29 is 9.59 Å². The van der Waals surface area contributed by atoms with Crippen LogP contribution in [0.25, 0.3) is 0 Å². The van der Waals surface area contributed by atoms with Crippen molar-refractivity contribution >= 4 is 11.8 Å². The maximum atomic E-state index is 11.5. The molecule has 1 fully saturated rings. The van der Waals surface area contributed by atoms with E-state index in [1.807, 2.05) is 0 Å². The highest BCUT2D eigenvalue weighted by Crippen LogP contribution is 2.21. The van der Waals surface area contributed by atoms with Crippen molar-refractivity contribution in [1.29, 1.82) is 0 Å². The van der Waals surface area contributed by atoms with Gasteiger partial charge in [0, 0.05) is 19.4 Å². The van der Waals surface area contributed by atoms with Crippen LogP contribution in [0.1, 0.15) is 46.0 Å². The van der Waals surface area contributed by atoms with Crippen LogP contribution >= 0.6 is 0 Å². The van der Waals surface area contributed by atoms with E-state index in [-0.39, 0.29) is 17.2 Å². The molecule has 1 aliphatic heterocycles. The highest BCUT2D eigenvalue weighted by molar-refractivity contribution is 5.97. The summed E-state index contributed by atoms with van der Waals surface area (Å²) in [6.45, 7) is 5.40. The first-order chi connectivity index (χ1) is 7.46. The number of imide groups is 1. The number of amides is 2. The molecule has 0 aromatic carbocycles. The van der Waals surface area contributed by atoms with Gasteiger partial charge >= 0.3 is 0 Å². The third-order valence-electron chi connectivity index (χ3n) is 3.17. The zero-order chi connectivity index (χ0) is 12.2. The topological polar surface area (TPSA) is 63.4 Å². The minimum Gasteiger partial charge on any atom is -0.330 e. The minimum atomic E-state index is -0.0122. The molecule has 16 heavy (non-hydrogen) atoms. The molecule has 0 atom stereocenters. The zero-order valence-electron chi connectivity index (χ0n) is 10.3. The fourth-order valence-corrected chi connectivity index (χ4v) is 1.87. The summed E-state index contributed by atoms with van der Waals surface area (Å²) < 4.78 is 0. The number of piperidine rings is 1. The molecule has 0 aromatic heterocycles. The van der Waals surface area contributed by atoms with Crippen LogP contribution in [-0.2, 0) is 9.59 Å². The van der Waals surface area contributed by atoms with Crippen LogP contribution in [0.3, 0.4) is 0 Å². The zero-order valence-corrected chi connectivity index (χ0v) is 10.3. The molecule has 2 amide bonds. The largest absolute Gasteiger partial charge is 0.330 e. The smallest absolute Gasteiger partial charge is 0.229 e. The lowest BCUT2D eigenvalue weighted by molar-refractivity contribution is -0.148. The quantitative estimate of drug-likeness (QED) is 0.718. The van der Waals surface area contributed by atoms with E-state index in [1.165, 1.54) is 4.90 Å². The number of hydrogen-bond acceptors (Lipinski definition) is 3. The molecule has 4 nitrogen and oxygen atoms in total. The van der Waals surface area contributed by atoms with E-state index >= 15 is 0 Å². The fourth-order valence-electron chi connectivity index (χ4n) is 1.87. The van der Waals surface area contributed by atoms with E-state index in [2.05, 4.69) is 13.8 Å². The Labute approximate surface area is 97.2 Å². The lowest BCUT2D eigenvalue weighted by atomic mass is 9.88. The normalized spacial score (nSPS) is 18.1. The highest BCUT2D eigenvalue weighted by atomic mass is 16.2. The third kappa shape index (κ3) is 3.59. The van der Waals surface area contributed by atoms with Gasteiger partial charge in [0.15, 0.2) is 0 Å². The standard InChI is InChI=1S/C12H22N2O2/c1-12(2,9-13)7-4-8-14-10(15)5-3-6-11(14)16/h3-9,13H2,1-2H3. The first-order valence-electron chi connectivity index (χ1n) is 5.99. The molecule has 4 heteroatoms. The number of carbonyl (C=O) groups excluding carboxylic acids is 2. The fraction of sp³-hybridized carbons (Fsp3) is 0.833. The molecule has 0 spiro atoms. The molecule has 0 aromatic rings. The average Bonchev–Trinajstić information content (AvgIpc) is 2.22. The average molecular weight is 226 g/mol. The molecule has 2 N–H and O–H groups in total. The summed E-state index contributed by atoms with van der Waals surface area (Å²) in [6.07, 6.45) is 3.54. The molecule has 0 radical (unpaired) electrons. The molecule has 0 unspecified atom stereocenters. The predicted molar refractivity (Wildman–Crippen MR) is 62.6 cm³/mol. The maximum Gasteiger partial charge on any atom is 0.229 e. The van der Waals surface area contributed by atoms with Gasteiger partial charge in [-0.25, -0.2) is 0 Å². The monoisotopic (exact) mass is 226 g/mol. The van der Waals surface area contributed by atoms with Crippen molar-refractivity contribution in [3.8, 4) is 0 Å². The summed E-state index contributed by atoms with van der Waals surface area (Å²) in [4.78, 5) is 24.4. The first-order valence-corrected chi connectivity index (χ1v) is 5.99. The molecule has 0 saturated carbocycles. The van der Waals surface area contributed by atoms with Crippen molar-refractivity contribution in [3.63, 3.8) is 0 Å². The van der Waals surface area contributed by atoms with E-state index in [4.69, 9.17) is 5.73 Å². The Morgan fingerprint density at radius 1 is 1.25 bits per heavy atom. The van der Waals surface area contributed by atoms with Crippen LogP contribution in [0.5, 0.6) is 0 Å². The first kappa shape index (κ1) is 13.2. The van der Waals surface area contributed by atoms with E-state index in [1.54, 1.807) is 0 Å². The molecule has 0 bridgehead atoms. The molecule has 1 saturated heterocycles. The highest BCUT2D eigenvalue weighted by Gasteiger charge is 2.26. The summed E-state index contributed by atoms with van der Waals surface area (Å²) >= 11 is 0. The van der Waals surface area contributed by atoms with E-state index in [0.717, 1.165) is 12.8 Å². The molecule has 1 aliphatic rings. The van der Waals surface area contributed by atoms with Gasteiger partial charge in [-0.1, -0.05) is 13.8 Å². The van der Waals surface area contributed by atoms with Gasteiger partial charge in [0.05, 0.1) is 0 Å². The molecular weight excluding hydrogens is 204 g/mol. The number of nitrogens with zero attached hydrogens (tertiary/aromatic N) is 1. The lowest BCUT2D eigenvalue weighted by Gasteiger charge is -2.27. The molecule has 0 aliphatic carbocycles. The Morgan fingerprint density at radius 2 is 1.81 bits per heavy atom. The number of rotatable bonds is 5. The molecular formula is C12H22N2O2. The van der Waals surface area contributed by atoms with Crippen molar-refractivity contribution in [2.45, 2.75) is 46.0 Å². The van der Waals surface area contributed by atoms with E-state index in [9.17, 15) is 9.59 Å². The van der Waals surface area contributed by atoms with Crippen molar-refractivity contribution in [2.75, 3.05) is 13.1 Å². The van der Waals surface area contributed by atoms with Crippen molar-refractivity contribution in [3.05, 3.63) is 0 Å². The van der Waals surface area contributed by atoms with Gasteiger partial charge in [-0.15, -0.1) is 0 Å². The summed E-state index contributed by atoms with van der Waals surface area (Å²) in [7, 11) is 0. The van der Waals surface area contributed by atoms with Gasteiger partial charge in [-0.05, 0) is 31.2 Å². The number of likely N-dealkylation sites (tertiary alicyclic amines) is 1. The Balaban J connectivity index is 2.36. The number of nitrogens with two attached hydrogens (primary N) is 1. The summed E-state index contributed by atoms with van der Waals surface area (Å²) in [5.74, 6) is -0.0244. The van der Waals surface area contributed by atoms with Crippen LogP contribution in [0.15, 0.2) is 0 Å². The van der Waals surface area contributed by atoms with Crippen LogP contribution in [0.2, 0.25) is 0 Å². The summed E-state index contributed by atoms with van der Waals surface area (Å²) in [5.41, 5.74) is 5.73. The van der Waals surface area contributed by atoms with Crippen LogP contribution in [-0.4, -0.2) is 29.8 Å². The second kappa shape index (κ2) is 5.43. The van der Waals surface area contributed by atoms with E-state index in [0.29, 0.717) is 32.4 Å². The van der Waals surface area contributed by atoms with Crippen molar-refractivity contribution in [1.82, 2.24) is 4.90 Å². The SMILES string of the molecule is CC(C)(CN)CCCN1C(=O)CCCC1=O. The maximum absolute atomic E-state index is 11.5. The lowest BCUT2D eigenvalue weighted by Crippen LogP contribution is -2.41. The summed E-state index contributed by atoms with van der Waals surface area (Å²) in [6, 6.07) is 0.